The topological polar surface area (TPSA) is 68.0 Å². The molecule has 3 aromatic rings. The second-order valence-electron chi connectivity index (χ2n) is 6.82. The zero-order valence-corrected chi connectivity index (χ0v) is 17.6. The van der Waals surface area contributed by atoms with Gasteiger partial charge in [-0.15, -0.1) is 0 Å². The van der Waals surface area contributed by atoms with Crippen molar-refractivity contribution in [2.75, 3.05) is 7.11 Å². The standard InChI is InChI=1S/C23H17Cl2N3O2/c1-29-23-13-28-21(16(10-26)8-18-19(24)11-27-12-20(18)25)9-22(23)30-17-6-14-4-2-3-5-15(14)7-17/h2-5,8-9,11-13,17H,6-7H2,1H3/b16-8+. The number of aromatic nitrogens is 2. The molecule has 0 atom stereocenters. The molecule has 0 saturated heterocycles. The van der Waals surface area contributed by atoms with Gasteiger partial charge in [0, 0.05) is 36.9 Å². The monoisotopic (exact) mass is 437 g/mol. The van der Waals surface area contributed by atoms with E-state index in [9.17, 15) is 5.26 Å². The van der Waals surface area contributed by atoms with Gasteiger partial charge in [-0.1, -0.05) is 47.5 Å². The molecular weight excluding hydrogens is 421 g/mol. The molecule has 1 aliphatic carbocycles. The Morgan fingerprint density at radius 2 is 1.77 bits per heavy atom. The molecule has 0 unspecified atom stereocenters. The summed E-state index contributed by atoms with van der Waals surface area (Å²) in [7, 11) is 1.56. The Hall–Kier alpha value is -3.07. The zero-order valence-electron chi connectivity index (χ0n) is 16.1. The Morgan fingerprint density at radius 1 is 1.10 bits per heavy atom. The highest BCUT2D eigenvalue weighted by molar-refractivity contribution is 6.37. The van der Waals surface area contributed by atoms with Gasteiger partial charge in [0.25, 0.3) is 0 Å². The van der Waals surface area contributed by atoms with Crippen LogP contribution in [0.4, 0.5) is 0 Å². The van der Waals surface area contributed by atoms with E-state index in [-0.39, 0.29) is 6.10 Å². The molecule has 0 aliphatic heterocycles. The second kappa shape index (κ2) is 8.74. The number of nitriles is 1. The summed E-state index contributed by atoms with van der Waals surface area (Å²) in [4.78, 5) is 8.29. The van der Waals surface area contributed by atoms with Gasteiger partial charge in [-0.25, -0.2) is 0 Å². The molecule has 150 valence electrons. The molecule has 1 aromatic carbocycles. The molecule has 0 bridgehead atoms. The number of fused-ring (bicyclic) bond motifs is 1. The van der Waals surface area contributed by atoms with Gasteiger partial charge in [0.05, 0.1) is 34.6 Å². The Balaban J connectivity index is 1.65. The van der Waals surface area contributed by atoms with Crippen molar-refractivity contribution in [2.45, 2.75) is 18.9 Å². The molecule has 0 radical (unpaired) electrons. The summed E-state index contributed by atoms with van der Waals surface area (Å²) in [6.45, 7) is 0. The van der Waals surface area contributed by atoms with Gasteiger partial charge in [0.15, 0.2) is 11.5 Å². The first-order valence-corrected chi connectivity index (χ1v) is 10.0. The first-order valence-electron chi connectivity index (χ1n) is 9.27. The maximum Gasteiger partial charge on any atom is 0.179 e. The van der Waals surface area contributed by atoms with Crippen molar-refractivity contribution in [3.8, 4) is 17.6 Å². The van der Waals surface area contributed by atoms with Crippen molar-refractivity contribution < 1.29 is 9.47 Å². The minimum atomic E-state index is -0.00912. The van der Waals surface area contributed by atoms with Gasteiger partial charge in [-0.3, -0.25) is 9.97 Å². The van der Waals surface area contributed by atoms with E-state index in [2.05, 4.69) is 28.2 Å². The van der Waals surface area contributed by atoms with Crippen LogP contribution >= 0.6 is 23.2 Å². The molecule has 5 nitrogen and oxygen atoms in total. The maximum atomic E-state index is 9.71. The number of methoxy groups -OCH3 is 1. The van der Waals surface area contributed by atoms with E-state index in [1.165, 1.54) is 23.5 Å². The summed E-state index contributed by atoms with van der Waals surface area (Å²) in [6.07, 6.45) is 7.72. The third-order valence-corrected chi connectivity index (χ3v) is 5.54. The molecule has 0 N–H and O–H groups in total. The number of ether oxygens (including phenoxy) is 2. The quantitative estimate of drug-likeness (QED) is 0.499. The van der Waals surface area contributed by atoms with E-state index in [1.54, 1.807) is 25.4 Å². The second-order valence-corrected chi connectivity index (χ2v) is 7.64. The minimum Gasteiger partial charge on any atom is -0.491 e. The van der Waals surface area contributed by atoms with Gasteiger partial charge >= 0.3 is 0 Å². The van der Waals surface area contributed by atoms with Crippen LogP contribution < -0.4 is 9.47 Å². The summed E-state index contributed by atoms with van der Waals surface area (Å²) in [6, 6.07) is 12.2. The number of pyridine rings is 2. The number of benzene rings is 1. The lowest BCUT2D eigenvalue weighted by molar-refractivity contribution is 0.204. The SMILES string of the molecule is COc1cnc(/C(C#N)=C/c2c(Cl)cncc2Cl)cc1OC1Cc2ccccc2C1. The summed E-state index contributed by atoms with van der Waals surface area (Å²) >= 11 is 12.4. The number of hydrogen-bond acceptors (Lipinski definition) is 5. The zero-order chi connectivity index (χ0) is 21.1. The van der Waals surface area contributed by atoms with Gasteiger partial charge in [-0.2, -0.15) is 5.26 Å². The third-order valence-electron chi connectivity index (χ3n) is 4.93. The van der Waals surface area contributed by atoms with Crippen LogP contribution in [0.5, 0.6) is 11.5 Å². The number of allylic oxidation sites excluding steroid dienone is 1. The summed E-state index contributed by atoms with van der Waals surface area (Å²) in [5.74, 6) is 1.04. The average molecular weight is 438 g/mol. The predicted molar refractivity (Wildman–Crippen MR) is 117 cm³/mol. The molecular formula is C23H17Cl2N3O2. The third kappa shape index (κ3) is 4.11. The van der Waals surface area contributed by atoms with Crippen molar-refractivity contribution in [2.24, 2.45) is 0 Å². The van der Waals surface area contributed by atoms with Gasteiger partial charge in [0.1, 0.15) is 12.2 Å². The molecule has 7 heteroatoms. The van der Waals surface area contributed by atoms with Gasteiger partial charge in [0.2, 0.25) is 0 Å². The maximum absolute atomic E-state index is 9.71. The molecule has 0 fully saturated rings. The van der Waals surface area contributed by atoms with Crippen molar-refractivity contribution in [1.29, 1.82) is 5.26 Å². The first kappa shape index (κ1) is 20.2. The Morgan fingerprint density at radius 3 is 2.37 bits per heavy atom. The lowest BCUT2D eigenvalue weighted by Gasteiger charge is -2.16. The molecule has 0 saturated carbocycles. The number of halogens is 2. The fourth-order valence-corrected chi connectivity index (χ4v) is 3.94. The van der Waals surface area contributed by atoms with Crippen LogP contribution in [0.2, 0.25) is 10.0 Å². The lowest BCUT2D eigenvalue weighted by Crippen LogP contribution is -2.17. The highest BCUT2D eigenvalue weighted by atomic mass is 35.5. The smallest absolute Gasteiger partial charge is 0.179 e. The summed E-state index contributed by atoms with van der Waals surface area (Å²) < 4.78 is 11.7. The van der Waals surface area contributed by atoms with Crippen LogP contribution in [0.15, 0.2) is 48.9 Å². The Labute approximate surface area is 184 Å². The van der Waals surface area contributed by atoms with Gasteiger partial charge in [-0.05, 0) is 17.2 Å². The van der Waals surface area contributed by atoms with E-state index < -0.39 is 0 Å². The normalized spacial score (nSPS) is 13.6. The van der Waals surface area contributed by atoms with E-state index in [0.717, 1.165) is 12.8 Å². The van der Waals surface area contributed by atoms with Gasteiger partial charge < -0.3 is 9.47 Å². The minimum absolute atomic E-state index is 0.00912. The van der Waals surface area contributed by atoms with Crippen LogP contribution in [0.25, 0.3) is 11.6 Å². The Bertz CT molecular complexity index is 1130. The average Bonchev–Trinajstić information content (AvgIpc) is 3.16. The largest absolute Gasteiger partial charge is 0.491 e. The van der Waals surface area contributed by atoms with Crippen LogP contribution in [0, 0.1) is 11.3 Å². The van der Waals surface area contributed by atoms with Crippen LogP contribution in [-0.4, -0.2) is 23.2 Å². The number of nitrogens with zero attached hydrogens (tertiary/aromatic N) is 3. The van der Waals surface area contributed by atoms with E-state index in [1.807, 2.05) is 12.1 Å². The lowest BCUT2D eigenvalue weighted by atomic mass is 10.1. The molecule has 4 rings (SSSR count). The first-order chi connectivity index (χ1) is 14.6. The fourth-order valence-electron chi connectivity index (χ4n) is 3.47. The molecule has 2 aromatic heterocycles. The predicted octanol–water partition coefficient (Wildman–Crippen LogP) is 5.40. The highest BCUT2D eigenvalue weighted by Crippen LogP contribution is 2.34. The van der Waals surface area contributed by atoms with Crippen LogP contribution in [0.1, 0.15) is 22.4 Å². The van der Waals surface area contributed by atoms with E-state index >= 15 is 0 Å². The van der Waals surface area contributed by atoms with Crippen LogP contribution in [-0.2, 0) is 12.8 Å². The van der Waals surface area contributed by atoms with E-state index in [0.29, 0.717) is 38.4 Å². The fraction of sp³-hybridized carbons (Fsp3) is 0.174. The number of hydrogen-bond donors (Lipinski definition) is 0. The van der Waals surface area contributed by atoms with Crippen LogP contribution in [0.3, 0.4) is 0 Å². The molecule has 1 aliphatic rings. The number of rotatable bonds is 5. The summed E-state index contributed by atoms with van der Waals surface area (Å²) in [5, 5.41) is 10.4. The molecule has 30 heavy (non-hydrogen) atoms. The molecule has 2 heterocycles. The Kier molecular flexibility index (Phi) is 5.89. The molecule has 0 spiro atoms. The highest BCUT2D eigenvalue weighted by Gasteiger charge is 2.24. The van der Waals surface area contributed by atoms with Crippen molar-refractivity contribution in [3.63, 3.8) is 0 Å². The van der Waals surface area contributed by atoms with Crippen molar-refractivity contribution in [3.05, 3.63) is 81.4 Å². The summed E-state index contributed by atoms with van der Waals surface area (Å²) in [5.41, 5.74) is 3.82. The van der Waals surface area contributed by atoms with E-state index in [4.69, 9.17) is 32.7 Å². The molecule has 0 amide bonds. The van der Waals surface area contributed by atoms with Crippen molar-refractivity contribution >= 4 is 34.9 Å². The van der Waals surface area contributed by atoms with Crippen molar-refractivity contribution in [1.82, 2.24) is 9.97 Å².